The number of ether oxygens (including phenoxy) is 4. The second kappa shape index (κ2) is 19.6. The maximum atomic E-state index is 12.3. The van der Waals surface area contributed by atoms with Gasteiger partial charge in [-0.1, -0.05) is 38.1 Å². The summed E-state index contributed by atoms with van der Waals surface area (Å²) >= 11 is 0. The van der Waals surface area contributed by atoms with E-state index in [1.165, 1.54) is 32.9 Å². The Balaban J connectivity index is 0.000000276. The Hall–Kier alpha value is -4.69. The molecule has 2 N–H and O–H groups in total. The van der Waals surface area contributed by atoms with Gasteiger partial charge in [-0.05, 0) is 48.9 Å². The fraction of sp³-hybridized carbons (Fsp3) is 0.486. The standard InChI is InChI=1S/C18H23BO7.C17H21BO7/c1-4-6-15(21)10-14-9-13-7-5-8-16(17(13)26-19(14)23)18(22)25-12(3)24-11(2)20;1-3-5-14(20)9-13-8-12-6-4-7-15(16(12)25-18(13)22)17(21)24-10-23-11(2)19/h5,7-8,12,14,23H,4,6,9-10H2,1-3H3;4,6-7,13,22H,3,5,8-10H2,1-2H3/t12?,14-;13-/m11/s1. The Bertz CT molecular complexity index is 1580. The van der Waals surface area contributed by atoms with Gasteiger partial charge in [-0.3, -0.25) is 19.2 Å². The predicted octanol–water partition coefficient (Wildman–Crippen LogP) is 4.21. The number of fused-ring (bicyclic) bond motifs is 2. The third-order valence-electron chi connectivity index (χ3n) is 7.98. The van der Waals surface area contributed by atoms with Gasteiger partial charge in [0, 0.05) is 58.1 Å². The highest BCUT2D eigenvalue weighted by Gasteiger charge is 2.39. The SMILES string of the molecule is CCCC(=O)C[C@H]1Cc2cccc(C(=O)OC(C)OC(C)=O)c2OB1O.CCCC(=O)C[C@H]1Cc2cccc(C(=O)OCOC(C)=O)c2OB1O. The summed E-state index contributed by atoms with van der Waals surface area (Å²) in [5, 5.41) is 20.4. The minimum atomic E-state index is -1.18. The zero-order valence-corrected chi connectivity index (χ0v) is 29.5. The minimum Gasteiger partial charge on any atom is -0.535 e. The van der Waals surface area contributed by atoms with Crippen LogP contribution in [0, 0.1) is 0 Å². The van der Waals surface area contributed by atoms with Crippen LogP contribution < -0.4 is 9.31 Å². The van der Waals surface area contributed by atoms with Gasteiger partial charge in [0.15, 0.2) is 0 Å². The molecule has 4 rings (SSSR count). The van der Waals surface area contributed by atoms with Gasteiger partial charge in [0.1, 0.15) is 34.2 Å². The van der Waals surface area contributed by atoms with Crippen molar-refractivity contribution in [3.05, 3.63) is 58.7 Å². The van der Waals surface area contributed by atoms with Crippen molar-refractivity contribution in [2.24, 2.45) is 0 Å². The second-order valence-corrected chi connectivity index (χ2v) is 12.3. The first-order valence-corrected chi connectivity index (χ1v) is 16.9. The van der Waals surface area contributed by atoms with Crippen molar-refractivity contribution in [3.8, 4) is 11.5 Å². The van der Waals surface area contributed by atoms with E-state index in [4.69, 9.17) is 23.5 Å². The molecule has 1 unspecified atom stereocenters. The van der Waals surface area contributed by atoms with Crippen LogP contribution in [0.1, 0.15) is 105 Å². The lowest BCUT2D eigenvalue weighted by Gasteiger charge is -2.28. The van der Waals surface area contributed by atoms with E-state index in [-0.39, 0.29) is 58.7 Å². The third-order valence-corrected chi connectivity index (χ3v) is 7.98. The average molecular weight is 710 g/mol. The molecule has 0 aromatic heterocycles. The molecule has 3 atom stereocenters. The second-order valence-electron chi connectivity index (χ2n) is 12.3. The summed E-state index contributed by atoms with van der Waals surface area (Å²) in [4.78, 5) is 69.8. The van der Waals surface area contributed by atoms with Crippen molar-refractivity contribution >= 4 is 49.7 Å². The molecule has 0 bridgehead atoms. The lowest BCUT2D eigenvalue weighted by molar-refractivity contribution is -0.162. The number of esters is 4. The van der Waals surface area contributed by atoms with Crippen LogP contribution in [0.25, 0.3) is 0 Å². The van der Waals surface area contributed by atoms with E-state index in [0.717, 1.165) is 24.0 Å². The van der Waals surface area contributed by atoms with Gasteiger partial charge in [0.05, 0.1) is 0 Å². The van der Waals surface area contributed by atoms with E-state index in [1.807, 2.05) is 13.8 Å². The van der Waals surface area contributed by atoms with Crippen LogP contribution in [0.5, 0.6) is 11.5 Å². The molecule has 0 saturated carbocycles. The topological polar surface area (TPSA) is 198 Å². The Kier molecular flexibility index (Phi) is 15.7. The van der Waals surface area contributed by atoms with Crippen molar-refractivity contribution in [2.75, 3.05) is 6.79 Å². The molecule has 274 valence electrons. The molecule has 2 aliphatic heterocycles. The van der Waals surface area contributed by atoms with Gasteiger partial charge >= 0.3 is 38.1 Å². The third kappa shape index (κ3) is 12.2. The summed E-state index contributed by atoms with van der Waals surface area (Å²) in [6.45, 7) is 7.21. The maximum absolute atomic E-state index is 12.3. The van der Waals surface area contributed by atoms with E-state index in [2.05, 4.69) is 4.74 Å². The highest BCUT2D eigenvalue weighted by atomic mass is 16.7. The molecule has 51 heavy (non-hydrogen) atoms. The summed E-state index contributed by atoms with van der Waals surface area (Å²) in [5.74, 6) is -2.63. The van der Waals surface area contributed by atoms with Crippen LogP contribution in [0.2, 0.25) is 11.6 Å². The number of carbonyl (C=O) groups is 6. The van der Waals surface area contributed by atoms with Crippen LogP contribution in [-0.4, -0.2) is 72.8 Å². The van der Waals surface area contributed by atoms with Crippen LogP contribution in [0.15, 0.2) is 36.4 Å². The minimum absolute atomic E-state index is 0.0781. The van der Waals surface area contributed by atoms with E-state index in [1.54, 1.807) is 24.3 Å². The summed E-state index contributed by atoms with van der Waals surface area (Å²) in [6.07, 6.45) is 2.73. The average Bonchev–Trinajstić information content (AvgIpc) is 3.05. The highest BCUT2D eigenvalue weighted by Crippen LogP contribution is 2.38. The number of para-hydroxylation sites is 2. The normalized spacial score (nSPS) is 16.4. The predicted molar refractivity (Wildman–Crippen MR) is 183 cm³/mol. The first-order chi connectivity index (χ1) is 24.2. The quantitative estimate of drug-likeness (QED) is 0.161. The van der Waals surface area contributed by atoms with E-state index < -0.39 is 51.2 Å². The van der Waals surface area contributed by atoms with E-state index >= 15 is 0 Å². The number of carbonyl (C=O) groups excluding carboxylic acids is 6. The molecule has 0 spiro atoms. The number of ketones is 2. The lowest BCUT2D eigenvalue weighted by atomic mass is 9.64. The van der Waals surface area contributed by atoms with E-state index in [9.17, 15) is 38.8 Å². The van der Waals surface area contributed by atoms with Crippen molar-refractivity contribution in [3.63, 3.8) is 0 Å². The first kappa shape index (κ1) is 40.7. The number of rotatable bonds is 14. The Labute approximate surface area is 297 Å². The van der Waals surface area contributed by atoms with Crippen LogP contribution in [-0.2, 0) is 51.0 Å². The Morgan fingerprint density at radius 1 is 0.725 bits per heavy atom. The Morgan fingerprint density at radius 2 is 1.20 bits per heavy atom. The molecule has 14 nitrogen and oxygen atoms in total. The van der Waals surface area contributed by atoms with E-state index in [0.29, 0.717) is 25.7 Å². The van der Waals surface area contributed by atoms with Crippen molar-refractivity contribution in [1.82, 2.24) is 0 Å². The van der Waals surface area contributed by atoms with Gasteiger partial charge in [-0.25, -0.2) is 9.59 Å². The van der Waals surface area contributed by atoms with Gasteiger partial charge in [0.25, 0.3) is 0 Å². The summed E-state index contributed by atoms with van der Waals surface area (Å²) in [5.41, 5.74) is 1.72. The van der Waals surface area contributed by atoms with Gasteiger partial charge in [-0.15, -0.1) is 0 Å². The van der Waals surface area contributed by atoms with Crippen LogP contribution in [0.3, 0.4) is 0 Å². The first-order valence-electron chi connectivity index (χ1n) is 16.9. The zero-order chi connectivity index (χ0) is 37.7. The molecular formula is C35H44B2O14. The van der Waals surface area contributed by atoms with Gasteiger partial charge in [-0.2, -0.15) is 0 Å². The molecular weight excluding hydrogens is 666 g/mol. The van der Waals surface area contributed by atoms with Crippen LogP contribution in [0.4, 0.5) is 0 Å². The molecule has 0 amide bonds. The summed E-state index contributed by atoms with van der Waals surface area (Å²) in [6, 6.07) is 9.93. The summed E-state index contributed by atoms with van der Waals surface area (Å²) in [7, 11) is -2.35. The molecule has 0 saturated heterocycles. The van der Waals surface area contributed by atoms with Crippen LogP contribution >= 0.6 is 0 Å². The smallest absolute Gasteiger partial charge is 0.526 e. The largest absolute Gasteiger partial charge is 0.535 e. The molecule has 2 aromatic carbocycles. The number of hydrogen-bond donors (Lipinski definition) is 2. The molecule has 16 heteroatoms. The Morgan fingerprint density at radius 3 is 1.63 bits per heavy atom. The van der Waals surface area contributed by atoms with Crippen molar-refractivity contribution in [1.29, 1.82) is 0 Å². The zero-order valence-electron chi connectivity index (χ0n) is 29.5. The number of hydrogen-bond acceptors (Lipinski definition) is 14. The lowest BCUT2D eigenvalue weighted by Crippen LogP contribution is -2.36. The fourth-order valence-corrected chi connectivity index (χ4v) is 5.70. The molecule has 2 heterocycles. The molecule has 2 aromatic rings. The monoisotopic (exact) mass is 710 g/mol. The summed E-state index contributed by atoms with van der Waals surface area (Å²) < 4.78 is 30.3. The van der Waals surface area contributed by atoms with Gasteiger partial charge < -0.3 is 38.3 Å². The van der Waals surface area contributed by atoms with Crippen molar-refractivity contribution in [2.45, 2.75) is 104 Å². The molecule has 0 radical (unpaired) electrons. The molecule has 0 fully saturated rings. The number of benzene rings is 2. The molecule has 0 aliphatic carbocycles. The van der Waals surface area contributed by atoms with Gasteiger partial charge in [0.2, 0.25) is 13.1 Å². The molecule has 2 aliphatic rings. The number of Topliss-reactive ketones (excluding diaryl/α,β-unsaturated/α-hetero) is 2. The van der Waals surface area contributed by atoms with Crippen molar-refractivity contribution < 1.29 is 67.1 Å². The maximum Gasteiger partial charge on any atom is 0.526 e. The fourth-order valence-electron chi connectivity index (χ4n) is 5.70. The highest BCUT2D eigenvalue weighted by molar-refractivity contribution is 6.47.